The summed E-state index contributed by atoms with van der Waals surface area (Å²) in [4.78, 5) is 10.7. The summed E-state index contributed by atoms with van der Waals surface area (Å²) >= 11 is 0.897. The Morgan fingerprint density at radius 3 is 2.68 bits per heavy atom. The van der Waals surface area contributed by atoms with Gasteiger partial charge in [-0.25, -0.2) is 17.9 Å². The second-order valence-electron chi connectivity index (χ2n) is 4.27. The molecule has 0 fully saturated rings. The highest BCUT2D eigenvalue weighted by atomic mass is 32.2. The van der Waals surface area contributed by atoms with E-state index in [1.54, 1.807) is 13.8 Å². The lowest BCUT2D eigenvalue weighted by Crippen LogP contribution is -2.33. The monoisotopic (exact) mass is 307 g/mol. The highest BCUT2D eigenvalue weighted by molar-refractivity contribution is 7.89. The van der Waals surface area contributed by atoms with Gasteiger partial charge in [0.05, 0.1) is 0 Å². The smallest absolute Gasteiger partial charge is 0.347 e. The van der Waals surface area contributed by atoms with Crippen molar-refractivity contribution < 1.29 is 23.4 Å². The van der Waals surface area contributed by atoms with Crippen molar-refractivity contribution in [1.29, 1.82) is 0 Å². The van der Waals surface area contributed by atoms with Crippen molar-refractivity contribution in [2.45, 2.75) is 37.6 Å². The Kier molecular flexibility index (Phi) is 5.48. The molecule has 1 aromatic rings. The highest BCUT2D eigenvalue weighted by Crippen LogP contribution is 2.27. The minimum Gasteiger partial charge on any atom is -0.477 e. The van der Waals surface area contributed by atoms with E-state index in [1.807, 2.05) is 0 Å². The zero-order valence-electron chi connectivity index (χ0n) is 10.7. The normalized spacial score (nSPS) is 13.4. The Hall–Kier alpha value is -0.960. The number of carboxylic acids is 1. The Labute approximate surface area is 116 Å². The van der Waals surface area contributed by atoms with Crippen molar-refractivity contribution in [3.63, 3.8) is 0 Å². The molecule has 0 saturated heterocycles. The lowest BCUT2D eigenvalue weighted by atomic mass is 10.2. The van der Waals surface area contributed by atoms with Gasteiger partial charge in [0.2, 0.25) is 10.0 Å². The first-order valence-corrected chi connectivity index (χ1v) is 8.10. The predicted molar refractivity (Wildman–Crippen MR) is 72.1 cm³/mol. The summed E-state index contributed by atoms with van der Waals surface area (Å²) in [6.45, 7) is 3.23. The molecule has 0 bridgehead atoms. The second kappa shape index (κ2) is 6.47. The van der Waals surface area contributed by atoms with Gasteiger partial charge >= 0.3 is 5.97 Å². The van der Waals surface area contributed by atoms with Gasteiger partial charge in [0, 0.05) is 12.6 Å². The van der Waals surface area contributed by atoms with Crippen LogP contribution in [-0.4, -0.2) is 37.2 Å². The predicted octanol–water partition coefficient (Wildman–Crippen LogP) is 1.19. The number of hydrogen-bond acceptors (Lipinski definition) is 5. The highest BCUT2D eigenvalue weighted by Gasteiger charge is 2.27. The Bertz CT molecular complexity index is 549. The average molecular weight is 307 g/mol. The number of aliphatic hydroxyl groups excluding tert-OH is 1. The van der Waals surface area contributed by atoms with Crippen LogP contribution in [0.15, 0.2) is 10.3 Å². The summed E-state index contributed by atoms with van der Waals surface area (Å²) < 4.78 is 26.8. The number of rotatable bonds is 7. The lowest BCUT2D eigenvalue weighted by Gasteiger charge is -2.14. The largest absolute Gasteiger partial charge is 0.477 e. The Morgan fingerprint density at radius 2 is 2.16 bits per heavy atom. The molecule has 0 radical (unpaired) electrons. The molecule has 1 aromatic heterocycles. The molecule has 1 unspecified atom stereocenters. The molecule has 0 aromatic carbocycles. The SMILES string of the molecule is Cc1csc(C(=O)O)c1S(=O)(=O)NC(C)CCCO. The van der Waals surface area contributed by atoms with Crippen LogP contribution in [0, 0.1) is 6.92 Å². The summed E-state index contributed by atoms with van der Waals surface area (Å²) in [6, 6.07) is -0.363. The fraction of sp³-hybridized carbons (Fsp3) is 0.545. The minimum atomic E-state index is -3.85. The topological polar surface area (TPSA) is 104 Å². The van der Waals surface area contributed by atoms with E-state index in [0.29, 0.717) is 18.4 Å². The number of nitrogens with one attached hydrogen (secondary N) is 1. The van der Waals surface area contributed by atoms with Crippen molar-refractivity contribution in [2.75, 3.05) is 6.61 Å². The molecule has 8 heteroatoms. The number of thiophene rings is 1. The molecule has 3 N–H and O–H groups in total. The van der Waals surface area contributed by atoms with Gasteiger partial charge in [-0.05, 0) is 37.6 Å². The number of carbonyl (C=O) groups is 1. The Balaban J connectivity index is 3.01. The quantitative estimate of drug-likeness (QED) is 0.702. The molecule has 6 nitrogen and oxygen atoms in total. The molecule has 19 heavy (non-hydrogen) atoms. The molecule has 0 aliphatic carbocycles. The molecule has 1 atom stereocenters. The molecular weight excluding hydrogens is 290 g/mol. The van der Waals surface area contributed by atoms with Crippen LogP contribution < -0.4 is 4.72 Å². The molecule has 108 valence electrons. The first-order valence-electron chi connectivity index (χ1n) is 5.74. The van der Waals surface area contributed by atoms with Crippen LogP contribution in [0.5, 0.6) is 0 Å². The zero-order valence-corrected chi connectivity index (χ0v) is 12.3. The third kappa shape index (κ3) is 4.00. The van der Waals surface area contributed by atoms with E-state index in [4.69, 9.17) is 10.2 Å². The summed E-state index contributed by atoms with van der Waals surface area (Å²) in [5, 5.41) is 19.2. The molecule has 0 aliphatic heterocycles. The standard InChI is InChI=1S/C11H17NO5S2/c1-7-6-18-9(11(14)15)10(7)19(16,17)12-8(2)4-3-5-13/h6,8,12-13H,3-5H2,1-2H3,(H,14,15). The number of aliphatic hydroxyl groups is 1. The van der Waals surface area contributed by atoms with Gasteiger partial charge in [0.1, 0.15) is 9.77 Å². The maximum atomic E-state index is 12.2. The molecule has 0 spiro atoms. The van der Waals surface area contributed by atoms with Gasteiger partial charge < -0.3 is 10.2 Å². The molecule has 0 aliphatic rings. The van der Waals surface area contributed by atoms with E-state index in [-0.39, 0.29) is 22.4 Å². The van der Waals surface area contributed by atoms with Crippen LogP contribution in [0.2, 0.25) is 0 Å². The number of sulfonamides is 1. The molecule has 0 saturated carbocycles. The van der Waals surface area contributed by atoms with E-state index in [2.05, 4.69) is 4.72 Å². The second-order valence-corrected chi connectivity index (χ2v) is 6.80. The van der Waals surface area contributed by atoms with E-state index >= 15 is 0 Å². The van der Waals surface area contributed by atoms with E-state index < -0.39 is 16.0 Å². The van der Waals surface area contributed by atoms with Crippen LogP contribution in [-0.2, 0) is 10.0 Å². The van der Waals surface area contributed by atoms with Crippen molar-refractivity contribution in [3.8, 4) is 0 Å². The number of carboxylic acid groups (broad SMARTS) is 1. The van der Waals surface area contributed by atoms with Crippen LogP contribution in [0.4, 0.5) is 0 Å². The van der Waals surface area contributed by atoms with Crippen molar-refractivity contribution >= 4 is 27.3 Å². The fourth-order valence-electron chi connectivity index (χ4n) is 1.70. The number of aromatic carboxylic acids is 1. The van der Waals surface area contributed by atoms with Crippen molar-refractivity contribution in [2.24, 2.45) is 0 Å². The minimum absolute atomic E-state index is 0.01000. The number of aryl methyl sites for hydroxylation is 1. The van der Waals surface area contributed by atoms with E-state index in [9.17, 15) is 13.2 Å². The Morgan fingerprint density at radius 1 is 1.53 bits per heavy atom. The van der Waals surface area contributed by atoms with Crippen LogP contribution in [0.1, 0.15) is 35.0 Å². The fourth-order valence-corrected chi connectivity index (χ4v) is 4.60. The van der Waals surface area contributed by atoms with Gasteiger partial charge in [-0.2, -0.15) is 0 Å². The zero-order chi connectivity index (χ0) is 14.6. The van der Waals surface area contributed by atoms with Crippen molar-refractivity contribution in [1.82, 2.24) is 4.72 Å². The van der Waals surface area contributed by atoms with Gasteiger partial charge in [0.25, 0.3) is 0 Å². The third-order valence-corrected chi connectivity index (χ3v) is 5.52. The van der Waals surface area contributed by atoms with E-state index in [0.717, 1.165) is 11.3 Å². The first kappa shape index (κ1) is 16.1. The molecular formula is C11H17NO5S2. The first-order chi connectivity index (χ1) is 8.79. The van der Waals surface area contributed by atoms with Crippen LogP contribution >= 0.6 is 11.3 Å². The summed E-state index contributed by atoms with van der Waals surface area (Å²) in [5.74, 6) is -1.25. The average Bonchev–Trinajstić information content (AvgIpc) is 2.68. The molecule has 1 rings (SSSR count). The summed E-state index contributed by atoms with van der Waals surface area (Å²) in [6.07, 6.45) is 0.972. The maximum absolute atomic E-state index is 12.2. The van der Waals surface area contributed by atoms with E-state index in [1.165, 1.54) is 5.38 Å². The molecule has 0 amide bonds. The van der Waals surface area contributed by atoms with Gasteiger partial charge in [-0.1, -0.05) is 0 Å². The summed E-state index contributed by atoms with van der Waals surface area (Å²) in [7, 11) is -3.85. The molecule has 1 heterocycles. The lowest BCUT2D eigenvalue weighted by molar-refractivity contribution is 0.0698. The van der Waals surface area contributed by atoms with Crippen LogP contribution in [0.25, 0.3) is 0 Å². The number of hydrogen-bond donors (Lipinski definition) is 3. The van der Waals surface area contributed by atoms with Crippen molar-refractivity contribution in [3.05, 3.63) is 15.8 Å². The van der Waals surface area contributed by atoms with Gasteiger partial charge in [-0.3, -0.25) is 0 Å². The summed E-state index contributed by atoms with van der Waals surface area (Å²) in [5.41, 5.74) is 0.421. The van der Waals surface area contributed by atoms with Crippen LogP contribution in [0.3, 0.4) is 0 Å². The van der Waals surface area contributed by atoms with Gasteiger partial charge in [-0.15, -0.1) is 11.3 Å². The van der Waals surface area contributed by atoms with Gasteiger partial charge in [0.15, 0.2) is 0 Å². The maximum Gasteiger partial charge on any atom is 0.347 e. The third-order valence-electron chi connectivity index (χ3n) is 2.53.